The van der Waals surface area contributed by atoms with E-state index in [1.165, 1.54) is 24.3 Å². The summed E-state index contributed by atoms with van der Waals surface area (Å²) in [6.45, 7) is 2.36. The molecular weight excluding hydrogens is 446 g/mol. The molecule has 0 aliphatic rings. The van der Waals surface area contributed by atoms with Crippen molar-refractivity contribution in [3.8, 4) is 0 Å². The molecule has 0 atom stereocenters. The third kappa shape index (κ3) is 4.71. The minimum Gasteiger partial charge on any atom is -1.00 e. The molecule has 1 N–H and O–H groups in total. The number of carbonyl (C=O) groups excluding carboxylic acids is 1. The number of benzene rings is 2. The van der Waals surface area contributed by atoms with Gasteiger partial charge in [0.05, 0.1) is 7.05 Å². The van der Waals surface area contributed by atoms with E-state index in [0.717, 1.165) is 30.1 Å². The van der Waals surface area contributed by atoms with Gasteiger partial charge in [-0.15, -0.1) is 0 Å². The van der Waals surface area contributed by atoms with Crippen LogP contribution in [0, 0.1) is 18.6 Å². The number of aromatic nitrogens is 2. The van der Waals surface area contributed by atoms with Crippen LogP contribution in [0.15, 0.2) is 60.9 Å². The predicted octanol–water partition coefficient (Wildman–Crippen LogP) is -0.617. The molecule has 0 bridgehead atoms. The van der Waals surface area contributed by atoms with Crippen molar-refractivity contribution in [1.82, 2.24) is 4.57 Å². The van der Waals surface area contributed by atoms with Crippen molar-refractivity contribution in [2.75, 3.05) is 6.61 Å². The van der Waals surface area contributed by atoms with Gasteiger partial charge in [0.1, 0.15) is 37.2 Å². The van der Waals surface area contributed by atoms with Gasteiger partial charge in [-0.25, -0.2) is 22.7 Å². The normalized spacial score (nSPS) is 11.1. The summed E-state index contributed by atoms with van der Waals surface area (Å²) in [6, 6.07) is 9.76. The first-order valence-electron chi connectivity index (χ1n) is 8.75. The quantitative estimate of drug-likeness (QED) is 0.389. The van der Waals surface area contributed by atoms with E-state index in [4.69, 9.17) is 4.74 Å². The van der Waals surface area contributed by atoms with E-state index < -0.39 is 23.2 Å². The molecule has 5 nitrogen and oxygen atoms in total. The first kappa shape index (κ1) is 22.7. The molecule has 0 saturated heterocycles. The fraction of sp³-hybridized carbons (Fsp3) is 0.238. The van der Waals surface area contributed by atoms with Crippen molar-refractivity contribution in [1.29, 1.82) is 0 Å². The molecule has 154 valence electrons. The number of carbonyl (C=O) groups is 1. The number of hydrogen-bond donors (Lipinski definition) is 1. The molecule has 0 unspecified atom stereocenters. The molecule has 1 heterocycles. The molecule has 29 heavy (non-hydrogen) atoms. The molecule has 0 radical (unpaired) electrons. The standard InChI is InChI=1S/C21H21F2N2O3.BrH/c1-15-24(2)11-12-25(15)13-14-28-20(26)21(27,16-3-7-18(22)8-4-16)17-5-9-19(23)10-6-17;/h3-12,27H,13-14H2,1-2H3;1H/q+1;/p-1. The average molecular weight is 467 g/mol. The number of imidazole rings is 1. The molecule has 0 aliphatic carbocycles. The molecule has 0 saturated carbocycles. The highest BCUT2D eigenvalue weighted by atomic mass is 79.9. The van der Waals surface area contributed by atoms with Crippen molar-refractivity contribution in [2.45, 2.75) is 19.1 Å². The summed E-state index contributed by atoms with van der Waals surface area (Å²) in [5.41, 5.74) is -1.92. The third-order valence-corrected chi connectivity index (χ3v) is 4.78. The van der Waals surface area contributed by atoms with Crippen LogP contribution >= 0.6 is 0 Å². The van der Waals surface area contributed by atoms with E-state index in [1.807, 2.05) is 35.5 Å². The number of nitrogens with zero attached hydrogens (tertiary/aromatic N) is 2. The van der Waals surface area contributed by atoms with E-state index in [1.54, 1.807) is 0 Å². The smallest absolute Gasteiger partial charge is 0.347 e. The van der Waals surface area contributed by atoms with Gasteiger partial charge in [-0.2, -0.15) is 0 Å². The van der Waals surface area contributed by atoms with Gasteiger partial charge in [0.2, 0.25) is 5.60 Å². The molecule has 0 amide bonds. The maximum Gasteiger partial charge on any atom is 0.347 e. The number of hydrogen-bond acceptors (Lipinski definition) is 3. The number of aryl methyl sites for hydroxylation is 1. The monoisotopic (exact) mass is 466 g/mol. The fourth-order valence-corrected chi connectivity index (χ4v) is 2.96. The van der Waals surface area contributed by atoms with E-state index in [2.05, 4.69) is 0 Å². The Morgan fingerprint density at radius 2 is 1.55 bits per heavy atom. The van der Waals surface area contributed by atoms with Gasteiger partial charge in [0.25, 0.3) is 5.82 Å². The Morgan fingerprint density at radius 1 is 1.07 bits per heavy atom. The van der Waals surface area contributed by atoms with Crippen LogP contribution in [0.3, 0.4) is 0 Å². The molecule has 0 spiro atoms. The zero-order valence-corrected chi connectivity index (χ0v) is 17.6. The van der Waals surface area contributed by atoms with Gasteiger partial charge >= 0.3 is 5.97 Å². The average Bonchev–Trinajstić information content (AvgIpc) is 3.00. The van der Waals surface area contributed by atoms with E-state index >= 15 is 0 Å². The van der Waals surface area contributed by atoms with Crippen LogP contribution in [0.4, 0.5) is 8.78 Å². The Labute approximate surface area is 177 Å². The molecule has 3 aromatic rings. The number of aliphatic hydroxyl groups is 1. The Balaban J connectivity index is 0.00000300. The van der Waals surface area contributed by atoms with Crippen LogP contribution in [0.25, 0.3) is 0 Å². The molecule has 0 aliphatic heterocycles. The first-order valence-corrected chi connectivity index (χ1v) is 8.75. The van der Waals surface area contributed by atoms with Gasteiger partial charge in [-0.3, -0.25) is 0 Å². The lowest BCUT2D eigenvalue weighted by molar-refractivity contribution is -0.677. The second-order valence-electron chi connectivity index (χ2n) is 6.51. The van der Waals surface area contributed by atoms with Gasteiger partial charge < -0.3 is 26.8 Å². The van der Waals surface area contributed by atoms with Crippen LogP contribution < -0.4 is 21.5 Å². The second-order valence-corrected chi connectivity index (χ2v) is 6.51. The van der Waals surface area contributed by atoms with Crippen LogP contribution in [-0.4, -0.2) is 22.2 Å². The minimum absolute atomic E-state index is 0. The molecule has 3 rings (SSSR count). The van der Waals surface area contributed by atoms with Crippen LogP contribution in [0.1, 0.15) is 17.0 Å². The summed E-state index contributed by atoms with van der Waals surface area (Å²) < 4.78 is 35.8. The zero-order valence-electron chi connectivity index (χ0n) is 16.0. The molecule has 2 aromatic carbocycles. The van der Waals surface area contributed by atoms with E-state index in [9.17, 15) is 18.7 Å². The molecule has 1 aromatic heterocycles. The Bertz CT molecular complexity index is 927. The Hall–Kier alpha value is -2.58. The minimum atomic E-state index is -2.18. The largest absolute Gasteiger partial charge is 1.00 e. The summed E-state index contributed by atoms with van der Waals surface area (Å²) >= 11 is 0. The summed E-state index contributed by atoms with van der Waals surface area (Å²) in [7, 11) is 1.90. The summed E-state index contributed by atoms with van der Waals surface area (Å²) in [4.78, 5) is 12.8. The van der Waals surface area contributed by atoms with Crippen molar-refractivity contribution in [2.24, 2.45) is 7.05 Å². The van der Waals surface area contributed by atoms with Crippen LogP contribution in [0.5, 0.6) is 0 Å². The number of halogens is 3. The van der Waals surface area contributed by atoms with Gasteiger partial charge in [0, 0.05) is 6.92 Å². The lowest BCUT2D eigenvalue weighted by Crippen LogP contribution is -3.00. The Morgan fingerprint density at radius 3 is 1.97 bits per heavy atom. The summed E-state index contributed by atoms with van der Waals surface area (Å²) in [5.74, 6) is -0.952. The van der Waals surface area contributed by atoms with E-state index in [0.29, 0.717) is 6.54 Å². The van der Waals surface area contributed by atoms with Gasteiger partial charge in [-0.1, -0.05) is 24.3 Å². The van der Waals surface area contributed by atoms with E-state index in [-0.39, 0.29) is 34.7 Å². The highest BCUT2D eigenvalue weighted by Gasteiger charge is 2.42. The molecule has 0 fully saturated rings. The summed E-state index contributed by atoms with van der Waals surface area (Å²) in [6.07, 6.45) is 3.74. The van der Waals surface area contributed by atoms with Gasteiger partial charge in [-0.05, 0) is 35.4 Å². The topological polar surface area (TPSA) is 55.3 Å². The lowest BCUT2D eigenvalue weighted by atomic mass is 9.86. The SMILES string of the molecule is Cc1n(CCOC(=O)C(O)(c2ccc(F)cc2)c2ccc(F)cc2)cc[n+]1C.[Br-]. The first-order chi connectivity index (χ1) is 13.3. The van der Waals surface area contributed by atoms with Crippen LogP contribution in [-0.2, 0) is 28.7 Å². The maximum atomic E-state index is 13.3. The fourth-order valence-electron chi connectivity index (χ4n) is 2.96. The number of ether oxygens (including phenoxy) is 1. The zero-order chi connectivity index (χ0) is 20.3. The highest BCUT2D eigenvalue weighted by molar-refractivity contribution is 5.85. The number of rotatable bonds is 6. The van der Waals surface area contributed by atoms with Crippen molar-refractivity contribution < 1.29 is 45.0 Å². The van der Waals surface area contributed by atoms with Crippen molar-refractivity contribution in [3.05, 3.63) is 89.5 Å². The summed E-state index contributed by atoms with van der Waals surface area (Å²) in [5, 5.41) is 11.2. The van der Waals surface area contributed by atoms with Gasteiger partial charge in [0.15, 0.2) is 0 Å². The Kier molecular flexibility index (Phi) is 7.26. The number of esters is 1. The van der Waals surface area contributed by atoms with Crippen LogP contribution in [0.2, 0.25) is 0 Å². The third-order valence-electron chi connectivity index (χ3n) is 4.78. The van der Waals surface area contributed by atoms with Crippen molar-refractivity contribution >= 4 is 5.97 Å². The maximum absolute atomic E-state index is 13.3. The lowest BCUT2D eigenvalue weighted by Gasteiger charge is -2.27. The predicted molar refractivity (Wildman–Crippen MR) is 97.1 cm³/mol. The molecule has 8 heteroatoms. The van der Waals surface area contributed by atoms with Crippen molar-refractivity contribution in [3.63, 3.8) is 0 Å². The molecular formula is C21H21BrF2N2O3. The highest BCUT2D eigenvalue weighted by Crippen LogP contribution is 2.31. The second kappa shape index (κ2) is 9.28.